The van der Waals surface area contributed by atoms with Gasteiger partial charge in [-0.1, -0.05) is 18.7 Å². The molecule has 0 bridgehead atoms. The van der Waals surface area contributed by atoms with Crippen molar-refractivity contribution in [2.45, 2.75) is 6.92 Å². The first-order chi connectivity index (χ1) is 5.22. The van der Waals surface area contributed by atoms with Crippen LogP contribution in [0.1, 0.15) is 6.92 Å². The van der Waals surface area contributed by atoms with Crippen LogP contribution in [0.15, 0.2) is 48.4 Å². The molecule has 0 aromatic heterocycles. The van der Waals surface area contributed by atoms with Crippen molar-refractivity contribution in [3.05, 3.63) is 48.4 Å². The van der Waals surface area contributed by atoms with Crippen LogP contribution in [0.3, 0.4) is 0 Å². The molecule has 0 saturated heterocycles. The average molecular weight is 150 g/mol. The normalized spacial score (nSPS) is 13.0. The highest BCUT2D eigenvalue weighted by molar-refractivity contribution is 5.36. The molecule has 0 atom stereocenters. The minimum Gasteiger partial charge on any atom is -0.405 e. The molecule has 0 aliphatic rings. The average Bonchev–Trinajstić information content (AvgIpc) is 2.00. The molecule has 60 valence electrons. The van der Waals surface area contributed by atoms with Gasteiger partial charge >= 0.3 is 0 Å². The summed E-state index contributed by atoms with van der Waals surface area (Å²) >= 11 is 0. The summed E-state index contributed by atoms with van der Waals surface area (Å²) in [6.45, 7) is 5.63. The van der Waals surface area contributed by atoms with E-state index in [0.29, 0.717) is 5.70 Å². The van der Waals surface area contributed by atoms with Crippen molar-refractivity contribution in [1.82, 2.24) is 0 Å². The van der Waals surface area contributed by atoms with Crippen LogP contribution >= 0.6 is 0 Å². The Morgan fingerprint density at radius 3 is 2.55 bits per heavy atom. The molecule has 0 radical (unpaired) electrons. The maximum atomic E-state index is 5.59. The second kappa shape index (κ2) is 5.35. The molecule has 0 aliphatic heterocycles. The number of nitrogens with two attached hydrogens (primary N) is 2. The van der Waals surface area contributed by atoms with Crippen LogP contribution in [0, 0.1) is 0 Å². The first-order valence-electron chi connectivity index (χ1n) is 3.38. The molecule has 0 aromatic carbocycles. The predicted octanol–water partition coefficient (Wildman–Crippen LogP) is 1.43. The Morgan fingerprint density at radius 2 is 2.09 bits per heavy atom. The zero-order valence-electron chi connectivity index (χ0n) is 6.75. The molecule has 4 N–H and O–H groups in total. The molecular weight excluding hydrogens is 136 g/mol. The maximum Gasteiger partial charge on any atom is 0.0382 e. The lowest BCUT2D eigenvalue weighted by Crippen LogP contribution is -1.98. The van der Waals surface area contributed by atoms with E-state index in [1.807, 2.05) is 19.1 Å². The van der Waals surface area contributed by atoms with Gasteiger partial charge in [0.05, 0.1) is 0 Å². The van der Waals surface area contributed by atoms with E-state index in [1.165, 1.54) is 6.20 Å². The van der Waals surface area contributed by atoms with Gasteiger partial charge in [0.2, 0.25) is 0 Å². The highest BCUT2D eigenvalue weighted by atomic mass is 14.6. The summed E-state index contributed by atoms with van der Waals surface area (Å²) in [5.41, 5.74) is 12.1. The van der Waals surface area contributed by atoms with Crippen molar-refractivity contribution in [2.75, 3.05) is 0 Å². The van der Waals surface area contributed by atoms with Gasteiger partial charge in [0, 0.05) is 5.70 Å². The van der Waals surface area contributed by atoms with Gasteiger partial charge in [-0.15, -0.1) is 0 Å². The summed E-state index contributed by atoms with van der Waals surface area (Å²) in [7, 11) is 0. The van der Waals surface area contributed by atoms with Gasteiger partial charge in [-0.05, 0) is 30.8 Å². The van der Waals surface area contributed by atoms with Crippen LogP contribution in [-0.4, -0.2) is 0 Å². The summed E-state index contributed by atoms with van der Waals surface area (Å²) in [6, 6.07) is 0. The van der Waals surface area contributed by atoms with E-state index in [9.17, 15) is 0 Å². The van der Waals surface area contributed by atoms with E-state index >= 15 is 0 Å². The quantitative estimate of drug-likeness (QED) is 0.598. The summed E-state index contributed by atoms with van der Waals surface area (Å²) < 4.78 is 0. The van der Waals surface area contributed by atoms with Crippen molar-refractivity contribution in [2.24, 2.45) is 11.5 Å². The Kier molecular flexibility index (Phi) is 4.65. The van der Waals surface area contributed by atoms with Gasteiger partial charge in [0.1, 0.15) is 0 Å². The SMILES string of the molecule is C=C(/C=C\N)/C(N)=C\C=C/C. The Balaban J connectivity index is 4.23. The molecule has 0 rings (SSSR count). The Labute approximate surface area is 67.6 Å². The molecular formula is C9H14N2. The topological polar surface area (TPSA) is 52.0 Å². The second-order valence-electron chi connectivity index (χ2n) is 2.03. The summed E-state index contributed by atoms with van der Waals surface area (Å²) in [4.78, 5) is 0. The van der Waals surface area contributed by atoms with Crippen LogP contribution in [0.25, 0.3) is 0 Å². The molecule has 0 aromatic rings. The van der Waals surface area contributed by atoms with Gasteiger partial charge in [0.25, 0.3) is 0 Å². The second-order valence-corrected chi connectivity index (χ2v) is 2.03. The molecule has 0 unspecified atom stereocenters. The summed E-state index contributed by atoms with van der Waals surface area (Å²) in [5.74, 6) is 0. The zero-order valence-corrected chi connectivity index (χ0v) is 6.75. The monoisotopic (exact) mass is 150 g/mol. The largest absolute Gasteiger partial charge is 0.405 e. The van der Waals surface area contributed by atoms with Gasteiger partial charge < -0.3 is 11.5 Å². The van der Waals surface area contributed by atoms with Crippen molar-refractivity contribution in [3.63, 3.8) is 0 Å². The molecule has 0 spiro atoms. The predicted molar refractivity (Wildman–Crippen MR) is 49.6 cm³/mol. The fraction of sp³-hybridized carbons (Fsp3) is 0.111. The molecule has 11 heavy (non-hydrogen) atoms. The number of allylic oxidation sites excluding steroid dienone is 4. The van der Waals surface area contributed by atoms with Crippen molar-refractivity contribution < 1.29 is 0 Å². The molecule has 2 heteroatoms. The van der Waals surface area contributed by atoms with Crippen LogP contribution in [-0.2, 0) is 0 Å². The Hall–Kier alpha value is -1.44. The minimum atomic E-state index is 0.629. The fourth-order valence-electron chi connectivity index (χ4n) is 0.519. The van der Waals surface area contributed by atoms with E-state index in [4.69, 9.17) is 11.5 Å². The van der Waals surface area contributed by atoms with Crippen LogP contribution in [0.2, 0.25) is 0 Å². The van der Waals surface area contributed by atoms with Crippen LogP contribution in [0.5, 0.6) is 0 Å². The van der Waals surface area contributed by atoms with Crippen molar-refractivity contribution in [1.29, 1.82) is 0 Å². The Bertz CT molecular complexity index is 210. The van der Waals surface area contributed by atoms with Gasteiger partial charge in [0.15, 0.2) is 0 Å². The third-order valence-corrected chi connectivity index (χ3v) is 1.14. The highest BCUT2D eigenvalue weighted by Crippen LogP contribution is 2.01. The Morgan fingerprint density at radius 1 is 1.45 bits per heavy atom. The van der Waals surface area contributed by atoms with Gasteiger partial charge in [-0.25, -0.2) is 0 Å². The van der Waals surface area contributed by atoms with Crippen LogP contribution in [0.4, 0.5) is 0 Å². The standard InChI is InChI=1S/C9H14N2/c1-3-4-5-9(11)8(2)6-7-10/h3-7H,2,10-11H2,1H3/b4-3-,7-6-,9-5+. The van der Waals surface area contributed by atoms with Crippen molar-refractivity contribution >= 4 is 0 Å². The molecule has 2 nitrogen and oxygen atoms in total. The van der Waals surface area contributed by atoms with E-state index in [-0.39, 0.29) is 0 Å². The fourth-order valence-corrected chi connectivity index (χ4v) is 0.519. The number of hydrogen-bond donors (Lipinski definition) is 2. The first kappa shape index (κ1) is 9.56. The first-order valence-corrected chi connectivity index (χ1v) is 3.38. The zero-order chi connectivity index (χ0) is 8.69. The van der Waals surface area contributed by atoms with Gasteiger partial charge in [-0.2, -0.15) is 0 Å². The molecule has 0 saturated carbocycles. The van der Waals surface area contributed by atoms with E-state index in [0.717, 1.165) is 5.57 Å². The molecule has 0 aliphatic carbocycles. The van der Waals surface area contributed by atoms with E-state index in [1.54, 1.807) is 12.2 Å². The third-order valence-electron chi connectivity index (χ3n) is 1.14. The lowest BCUT2D eigenvalue weighted by atomic mass is 10.2. The number of hydrogen-bond acceptors (Lipinski definition) is 2. The smallest absolute Gasteiger partial charge is 0.0382 e. The summed E-state index contributed by atoms with van der Waals surface area (Å²) in [5, 5.41) is 0. The van der Waals surface area contributed by atoms with E-state index < -0.39 is 0 Å². The van der Waals surface area contributed by atoms with Gasteiger partial charge in [-0.3, -0.25) is 0 Å². The highest BCUT2D eigenvalue weighted by Gasteiger charge is 1.88. The van der Waals surface area contributed by atoms with E-state index in [2.05, 4.69) is 6.58 Å². The molecule has 0 fully saturated rings. The van der Waals surface area contributed by atoms with Crippen molar-refractivity contribution in [3.8, 4) is 0 Å². The molecule has 0 amide bonds. The molecule has 0 heterocycles. The summed E-state index contributed by atoms with van der Waals surface area (Å²) in [6.07, 6.45) is 8.60. The lowest BCUT2D eigenvalue weighted by Gasteiger charge is -1.96. The van der Waals surface area contributed by atoms with Crippen LogP contribution < -0.4 is 11.5 Å². The lowest BCUT2D eigenvalue weighted by molar-refractivity contribution is 1.35. The maximum absolute atomic E-state index is 5.59. The minimum absolute atomic E-state index is 0.629. The number of rotatable bonds is 3. The third kappa shape index (κ3) is 4.03.